The molecule has 1 saturated heterocycles. The molecule has 0 aliphatic carbocycles. The molecule has 0 bridgehead atoms. The Kier molecular flexibility index (Phi) is 4.10. The molecule has 0 saturated carbocycles. The van der Waals surface area contributed by atoms with Crippen LogP contribution in [0.15, 0.2) is 6.20 Å². The number of ether oxygens (including phenoxy) is 1. The molecule has 8 heteroatoms. The zero-order chi connectivity index (χ0) is 13.8. The maximum absolute atomic E-state index is 11.0. The molecule has 1 fully saturated rings. The van der Waals surface area contributed by atoms with Crippen molar-refractivity contribution in [2.24, 2.45) is 5.92 Å². The molecular formula is C11H17N5O3. The van der Waals surface area contributed by atoms with Crippen molar-refractivity contribution in [3.8, 4) is 0 Å². The van der Waals surface area contributed by atoms with E-state index in [1.807, 2.05) is 0 Å². The number of aromatic nitrogens is 2. The fourth-order valence-corrected chi connectivity index (χ4v) is 2.21. The SMILES string of the molecule is CN(CC1CCCOC1)c1nc(N)ncc1[N+](=O)[O-]. The van der Waals surface area contributed by atoms with Gasteiger partial charge in [-0.3, -0.25) is 10.1 Å². The van der Waals surface area contributed by atoms with Gasteiger partial charge >= 0.3 is 5.69 Å². The highest BCUT2D eigenvalue weighted by Gasteiger charge is 2.23. The Hall–Kier alpha value is -1.96. The number of hydrogen-bond donors (Lipinski definition) is 1. The number of rotatable bonds is 4. The first kappa shape index (κ1) is 13.5. The highest BCUT2D eigenvalue weighted by atomic mass is 16.6. The van der Waals surface area contributed by atoms with E-state index in [1.165, 1.54) is 0 Å². The fraction of sp³-hybridized carbons (Fsp3) is 0.636. The maximum atomic E-state index is 11.0. The normalized spacial score (nSPS) is 19.1. The second-order valence-corrected chi connectivity index (χ2v) is 4.66. The highest BCUT2D eigenvalue weighted by molar-refractivity contribution is 5.57. The van der Waals surface area contributed by atoms with Crippen LogP contribution in [0, 0.1) is 16.0 Å². The van der Waals surface area contributed by atoms with E-state index in [4.69, 9.17) is 10.5 Å². The molecule has 0 aromatic carbocycles. The van der Waals surface area contributed by atoms with Gasteiger partial charge in [0.1, 0.15) is 6.20 Å². The number of anilines is 2. The topological polar surface area (TPSA) is 107 Å². The highest BCUT2D eigenvalue weighted by Crippen LogP contribution is 2.26. The van der Waals surface area contributed by atoms with Crippen molar-refractivity contribution >= 4 is 17.5 Å². The van der Waals surface area contributed by atoms with E-state index in [9.17, 15) is 10.1 Å². The van der Waals surface area contributed by atoms with Crippen LogP contribution in [0.25, 0.3) is 0 Å². The lowest BCUT2D eigenvalue weighted by Crippen LogP contribution is -2.31. The third kappa shape index (κ3) is 3.28. The van der Waals surface area contributed by atoms with Crippen LogP contribution in [0.3, 0.4) is 0 Å². The summed E-state index contributed by atoms with van der Waals surface area (Å²) in [6.45, 7) is 2.12. The average molecular weight is 267 g/mol. The van der Waals surface area contributed by atoms with E-state index >= 15 is 0 Å². The van der Waals surface area contributed by atoms with Crippen molar-refractivity contribution in [1.29, 1.82) is 0 Å². The summed E-state index contributed by atoms with van der Waals surface area (Å²) in [7, 11) is 1.77. The quantitative estimate of drug-likeness (QED) is 0.635. The predicted octanol–water partition coefficient (Wildman–Crippen LogP) is 0.830. The zero-order valence-electron chi connectivity index (χ0n) is 10.8. The minimum atomic E-state index is -0.497. The van der Waals surface area contributed by atoms with Gasteiger partial charge in [0.15, 0.2) is 0 Å². The van der Waals surface area contributed by atoms with Crippen LogP contribution in [0.2, 0.25) is 0 Å². The Labute approximate surface area is 110 Å². The van der Waals surface area contributed by atoms with E-state index in [-0.39, 0.29) is 17.5 Å². The average Bonchev–Trinajstić information content (AvgIpc) is 2.39. The standard InChI is InChI=1S/C11H17N5O3/c1-15(6-8-3-2-4-19-7-8)10-9(16(17)18)5-13-11(12)14-10/h5,8H,2-4,6-7H2,1H3,(H2,12,13,14). The molecule has 0 amide bonds. The molecule has 2 rings (SSSR count). The minimum absolute atomic E-state index is 0.0346. The van der Waals surface area contributed by atoms with Gasteiger partial charge in [-0.15, -0.1) is 0 Å². The lowest BCUT2D eigenvalue weighted by Gasteiger charge is -2.27. The Morgan fingerprint density at radius 1 is 1.68 bits per heavy atom. The summed E-state index contributed by atoms with van der Waals surface area (Å²) in [5.41, 5.74) is 5.37. The molecule has 1 unspecified atom stereocenters. The Morgan fingerprint density at radius 2 is 2.47 bits per heavy atom. The molecule has 1 aliphatic rings. The summed E-state index contributed by atoms with van der Waals surface area (Å²) in [5.74, 6) is 0.643. The Morgan fingerprint density at radius 3 is 3.11 bits per heavy atom. The largest absolute Gasteiger partial charge is 0.381 e. The summed E-state index contributed by atoms with van der Waals surface area (Å²) in [6.07, 6.45) is 3.22. The smallest absolute Gasteiger partial charge is 0.329 e. The lowest BCUT2D eigenvalue weighted by molar-refractivity contribution is -0.384. The summed E-state index contributed by atoms with van der Waals surface area (Å²) in [4.78, 5) is 19.8. The van der Waals surface area contributed by atoms with Gasteiger partial charge in [-0.1, -0.05) is 0 Å². The van der Waals surface area contributed by atoms with Gasteiger partial charge in [-0.05, 0) is 18.8 Å². The van der Waals surface area contributed by atoms with Crippen LogP contribution in [-0.4, -0.2) is 41.7 Å². The summed E-state index contributed by atoms with van der Waals surface area (Å²) in [6, 6.07) is 0. The van der Waals surface area contributed by atoms with Gasteiger partial charge in [0.05, 0.1) is 11.5 Å². The van der Waals surface area contributed by atoms with Gasteiger partial charge in [-0.25, -0.2) is 4.98 Å². The monoisotopic (exact) mass is 267 g/mol. The number of nitrogens with zero attached hydrogens (tertiary/aromatic N) is 4. The van der Waals surface area contributed by atoms with E-state index in [0.29, 0.717) is 19.1 Å². The first-order valence-corrected chi connectivity index (χ1v) is 6.13. The van der Waals surface area contributed by atoms with Crippen molar-refractivity contribution in [3.05, 3.63) is 16.3 Å². The van der Waals surface area contributed by atoms with Crippen molar-refractivity contribution in [2.45, 2.75) is 12.8 Å². The first-order chi connectivity index (χ1) is 9.08. The van der Waals surface area contributed by atoms with E-state index in [2.05, 4.69) is 9.97 Å². The number of nitrogens with two attached hydrogens (primary N) is 1. The third-order valence-electron chi connectivity index (χ3n) is 3.11. The number of nitro groups is 1. The third-order valence-corrected chi connectivity index (χ3v) is 3.11. The van der Waals surface area contributed by atoms with Gasteiger partial charge in [-0.2, -0.15) is 4.98 Å². The molecule has 1 atom stereocenters. The van der Waals surface area contributed by atoms with E-state index in [1.54, 1.807) is 11.9 Å². The molecule has 0 spiro atoms. The molecule has 2 N–H and O–H groups in total. The number of nitrogen functional groups attached to an aromatic ring is 1. The minimum Gasteiger partial charge on any atom is -0.381 e. The van der Waals surface area contributed by atoms with Crippen LogP contribution in [-0.2, 0) is 4.74 Å². The van der Waals surface area contributed by atoms with E-state index < -0.39 is 4.92 Å². The molecule has 0 radical (unpaired) electrons. The van der Waals surface area contributed by atoms with Crippen molar-refractivity contribution in [2.75, 3.05) is 37.4 Å². The summed E-state index contributed by atoms with van der Waals surface area (Å²) < 4.78 is 5.40. The van der Waals surface area contributed by atoms with E-state index in [0.717, 1.165) is 25.6 Å². The van der Waals surface area contributed by atoms with Crippen LogP contribution in [0.4, 0.5) is 17.5 Å². The zero-order valence-corrected chi connectivity index (χ0v) is 10.8. The van der Waals surface area contributed by atoms with Crippen molar-refractivity contribution < 1.29 is 9.66 Å². The lowest BCUT2D eigenvalue weighted by atomic mass is 10.0. The van der Waals surface area contributed by atoms with Crippen LogP contribution < -0.4 is 10.6 Å². The molecule has 1 aromatic heterocycles. The predicted molar refractivity (Wildman–Crippen MR) is 69.9 cm³/mol. The van der Waals surface area contributed by atoms with Crippen molar-refractivity contribution in [1.82, 2.24) is 9.97 Å². The molecule has 2 heterocycles. The summed E-state index contributed by atoms with van der Waals surface area (Å²) in [5, 5.41) is 11.0. The van der Waals surface area contributed by atoms with Gasteiger partial charge in [0.2, 0.25) is 11.8 Å². The number of hydrogen-bond acceptors (Lipinski definition) is 7. The van der Waals surface area contributed by atoms with Crippen LogP contribution >= 0.6 is 0 Å². The molecule has 1 aromatic rings. The van der Waals surface area contributed by atoms with Gasteiger partial charge in [0, 0.05) is 20.2 Å². The molecule has 8 nitrogen and oxygen atoms in total. The van der Waals surface area contributed by atoms with Crippen molar-refractivity contribution in [3.63, 3.8) is 0 Å². The molecular weight excluding hydrogens is 250 g/mol. The molecule has 104 valence electrons. The maximum Gasteiger partial charge on any atom is 0.329 e. The van der Waals surface area contributed by atoms with Gasteiger partial charge in [0.25, 0.3) is 0 Å². The Balaban J connectivity index is 2.14. The van der Waals surface area contributed by atoms with Crippen LogP contribution in [0.1, 0.15) is 12.8 Å². The molecule has 19 heavy (non-hydrogen) atoms. The second-order valence-electron chi connectivity index (χ2n) is 4.66. The second kappa shape index (κ2) is 5.79. The fourth-order valence-electron chi connectivity index (χ4n) is 2.21. The van der Waals surface area contributed by atoms with Gasteiger partial charge < -0.3 is 15.4 Å². The molecule has 1 aliphatic heterocycles. The summed E-state index contributed by atoms with van der Waals surface area (Å²) >= 11 is 0. The van der Waals surface area contributed by atoms with Crippen LogP contribution in [0.5, 0.6) is 0 Å². The Bertz CT molecular complexity index is 462. The first-order valence-electron chi connectivity index (χ1n) is 6.13.